The van der Waals surface area contributed by atoms with Gasteiger partial charge in [0.25, 0.3) is 5.91 Å². The Labute approximate surface area is 151 Å². The highest BCUT2D eigenvalue weighted by molar-refractivity contribution is 5.94. The Hall–Kier alpha value is -2.99. The summed E-state index contributed by atoms with van der Waals surface area (Å²) in [6.07, 6.45) is 6.06. The summed E-state index contributed by atoms with van der Waals surface area (Å²) in [6.45, 7) is 1.87. The lowest BCUT2D eigenvalue weighted by Crippen LogP contribution is -2.35. The molecule has 6 nitrogen and oxygen atoms in total. The number of rotatable bonds is 4. The molecular weight excluding hydrogens is 328 g/mol. The van der Waals surface area contributed by atoms with Crippen molar-refractivity contribution in [1.82, 2.24) is 19.7 Å². The number of carbonyl (C=O) groups is 1. The smallest absolute Gasteiger partial charge is 0.255 e. The van der Waals surface area contributed by atoms with Crippen LogP contribution in [0.25, 0.3) is 11.3 Å². The summed E-state index contributed by atoms with van der Waals surface area (Å²) in [4.78, 5) is 19.1. The van der Waals surface area contributed by atoms with Crippen LogP contribution in [0.5, 0.6) is 0 Å². The maximum atomic E-state index is 12.8. The Morgan fingerprint density at radius 3 is 2.73 bits per heavy atom. The van der Waals surface area contributed by atoms with Crippen LogP contribution in [-0.4, -0.2) is 43.8 Å². The predicted octanol–water partition coefficient (Wildman–Crippen LogP) is 2.14. The topological polar surface area (TPSA) is 71.2 Å². The minimum Gasteiger partial charge on any atom is -0.394 e. The Morgan fingerprint density at radius 2 is 1.96 bits per heavy atom. The van der Waals surface area contributed by atoms with Crippen molar-refractivity contribution in [3.05, 3.63) is 71.7 Å². The van der Waals surface area contributed by atoms with E-state index in [-0.39, 0.29) is 12.5 Å². The van der Waals surface area contributed by atoms with Crippen LogP contribution in [0.4, 0.5) is 0 Å². The highest BCUT2D eigenvalue weighted by Gasteiger charge is 2.21. The zero-order valence-corrected chi connectivity index (χ0v) is 14.4. The van der Waals surface area contributed by atoms with Gasteiger partial charge in [0.15, 0.2) is 0 Å². The number of pyridine rings is 1. The molecule has 26 heavy (non-hydrogen) atoms. The average molecular weight is 348 g/mol. The van der Waals surface area contributed by atoms with Crippen molar-refractivity contribution < 1.29 is 9.90 Å². The second-order valence-electron chi connectivity index (χ2n) is 6.39. The molecule has 0 saturated heterocycles. The first kappa shape index (κ1) is 16.5. The van der Waals surface area contributed by atoms with Gasteiger partial charge in [0.05, 0.1) is 30.6 Å². The van der Waals surface area contributed by atoms with E-state index in [1.165, 1.54) is 11.1 Å². The van der Waals surface area contributed by atoms with Gasteiger partial charge in [-0.3, -0.25) is 14.5 Å². The molecule has 0 spiro atoms. The summed E-state index contributed by atoms with van der Waals surface area (Å²) >= 11 is 0. The van der Waals surface area contributed by atoms with E-state index in [4.69, 9.17) is 5.11 Å². The molecule has 6 heteroatoms. The minimum absolute atomic E-state index is 0.00882. The zero-order valence-electron chi connectivity index (χ0n) is 14.4. The van der Waals surface area contributed by atoms with Crippen LogP contribution in [0, 0.1) is 0 Å². The monoisotopic (exact) mass is 348 g/mol. The summed E-state index contributed by atoms with van der Waals surface area (Å²) in [5, 5.41) is 13.1. The zero-order chi connectivity index (χ0) is 17.9. The fourth-order valence-corrected chi connectivity index (χ4v) is 3.26. The van der Waals surface area contributed by atoms with Crippen molar-refractivity contribution in [2.75, 3.05) is 13.2 Å². The summed E-state index contributed by atoms with van der Waals surface area (Å²) in [5.41, 5.74) is 4.76. The van der Waals surface area contributed by atoms with Crippen molar-refractivity contribution in [2.24, 2.45) is 0 Å². The Balaban J connectivity index is 1.49. The maximum absolute atomic E-state index is 12.8. The number of hydrogen-bond acceptors (Lipinski definition) is 4. The van der Waals surface area contributed by atoms with Crippen molar-refractivity contribution >= 4 is 5.91 Å². The van der Waals surface area contributed by atoms with E-state index in [2.05, 4.69) is 22.2 Å². The molecule has 4 rings (SSSR count). The van der Waals surface area contributed by atoms with Gasteiger partial charge in [-0.1, -0.05) is 24.3 Å². The predicted molar refractivity (Wildman–Crippen MR) is 97.4 cm³/mol. The van der Waals surface area contributed by atoms with Crippen LogP contribution in [0.15, 0.2) is 55.0 Å². The molecule has 0 radical (unpaired) electrons. The van der Waals surface area contributed by atoms with E-state index in [0.29, 0.717) is 18.7 Å². The molecule has 1 N–H and O–H groups in total. The number of nitrogens with zero attached hydrogens (tertiary/aromatic N) is 4. The third-order valence-corrected chi connectivity index (χ3v) is 4.69. The number of amides is 1. The summed E-state index contributed by atoms with van der Waals surface area (Å²) in [7, 11) is 0. The number of benzene rings is 1. The molecule has 2 aromatic heterocycles. The molecule has 1 aliphatic heterocycles. The van der Waals surface area contributed by atoms with Crippen LogP contribution in [0.2, 0.25) is 0 Å². The lowest BCUT2D eigenvalue weighted by molar-refractivity contribution is 0.0734. The molecule has 1 aliphatic rings. The van der Waals surface area contributed by atoms with Crippen LogP contribution < -0.4 is 0 Å². The largest absolute Gasteiger partial charge is 0.394 e. The van der Waals surface area contributed by atoms with Crippen molar-refractivity contribution in [2.45, 2.75) is 19.5 Å². The van der Waals surface area contributed by atoms with Gasteiger partial charge < -0.3 is 10.0 Å². The average Bonchev–Trinajstić information content (AvgIpc) is 3.16. The van der Waals surface area contributed by atoms with Crippen LogP contribution in [-0.2, 0) is 19.5 Å². The first-order valence-corrected chi connectivity index (χ1v) is 8.70. The molecule has 1 amide bonds. The quantitative estimate of drug-likeness (QED) is 0.784. The first-order valence-electron chi connectivity index (χ1n) is 8.70. The summed E-state index contributed by atoms with van der Waals surface area (Å²) in [5.74, 6) is 0.00882. The van der Waals surface area contributed by atoms with Gasteiger partial charge in [-0.2, -0.15) is 5.10 Å². The van der Waals surface area contributed by atoms with Gasteiger partial charge in [-0.25, -0.2) is 0 Å². The number of aliphatic hydroxyl groups excluding tert-OH is 1. The van der Waals surface area contributed by atoms with E-state index in [1.807, 2.05) is 35.4 Å². The Bertz CT molecular complexity index is 918. The van der Waals surface area contributed by atoms with E-state index in [0.717, 1.165) is 24.2 Å². The highest BCUT2D eigenvalue weighted by atomic mass is 16.3. The van der Waals surface area contributed by atoms with Gasteiger partial charge in [0.1, 0.15) is 0 Å². The molecule has 0 saturated carbocycles. The molecule has 0 atom stereocenters. The normalized spacial score (nSPS) is 13.5. The van der Waals surface area contributed by atoms with E-state index in [1.54, 1.807) is 17.1 Å². The lowest BCUT2D eigenvalue weighted by atomic mass is 9.99. The third kappa shape index (κ3) is 3.23. The van der Waals surface area contributed by atoms with E-state index in [9.17, 15) is 4.79 Å². The second kappa shape index (κ2) is 7.09. The van der Waals surface area contributed by atoms with Crippen LogP contribution >= 0.6 is 0 Å². The van der Waals surface area contributed by atoms with Crippen molar-refractivity contribution in [3.63, 3.8) is 0 Å². The molecule has 132 valence electrons. The third-order valence-electron chi connectivity index (χ3n) is 4.69. The summed E-state index contributed by atoms with van der Waals surface area (Å²) < 4.78 is 1.67. The molecule has 0 aliphatic carbocycles. The molecule has 3 heterocycles. The van der Waals surface area contributed by atoms with E-state index < -0.39 is 0 Å². The van der Waals surface area contributed by atoms with Crippen molar-refractivity contribution in [1.29, 1.82) is 0 Å². The molecule has 0 bridgehead atoms. The van der Waals surface area contributed by atoms with Crippen LogP contribution in [0.1, 0.15) is 21.5 Å². The van der Waals surface area contributed by atoms with Crippen molar-refractivity contribution in [3.8, 4) is 11.3 Å². The van der Waals surface area contributed by atoms with Gasteiger partial charge in [-0.05, 0) is 29.7 Å². The number of hydrogen-bond donors (Lipinski definition) is 1. The fourth-order valence-electron chi connectivity index (χ4n) is 3.26. The fraction of sp³-hybridized carbons (Fsp3) is 0.250. The number of carbonyl (C=O) groups excluding carboxylic acids is 1. The minimum atomic E-state index is 0.00882. The SMILES string of the molecule is O=C(c1ccc(-c2cnn(CCO)c2)nc1)N1CCc2ccccc2C1. The lowest BCUT2D eigenvalue weighted by Gasteiger charge is -2.28. The molecular formula is C20H20N4O2. The van der Waals surface area contributed by atoms with Gasteiger partial charge in [0, 0.05) is 31.0 Å². The van der Waals surface area contributed by atoms with Crippen LogP contribution in [0.3, 0.4) is 0 Å². The number of aromatic nitrogens is 3. The Morgan fingerprint density at radius 1 is 1.12 bits per heavy atom. The second-order valence-corrected chi connectivity index (χ2v) is 6.39. The molecule has 3 aromatic rings. The molecule has 0 fully saturated rings. The highest BCUT2D eigenvalue weighted by Crippen LogP contribution is 2.21. The molecule has 0 unspecified atom stereocenters. The Kier molecular flexibility index (Phi) is 4.50. The summed E-state index contributed by atoms with van der Waals surface area (Å²) in [6, 6.07) is 11.9. The van der Waals surface area contributed by atoms with Gasteiger partial charge in [-0.15, -0.1) is 0 Å². The standard InChI is InChI=1S/C20H20N4O2/c25-10-9-24-14-18(12-22-24)19-6-5-16(11-21-19)20(26)23-8-7-15-3-1-2-4-17(15)13-23/h1-6,11-12,14,25H,7-10,13H2. The first-order chi connectivity index (χ1) is 12.7. The van der Waals surface area contributed by atoms with Gasteiger partial charge >= 0.3 is 0 Å². The maximum Gasteiger partial charge on any atom is 0.255 e. The number of aliphatic hydroxyl groups is 1. The molecule has 1 aromatic carbocycles. The van der Waals surface area contributed by atoms with Gasteiger partial charge in [0.2, 0.25) is 0 Å². The number of fused-ring (bicyclic) bond motifs is 1. The van der Waals surface area contributed by atoms with E-state index >= 15 is 0 Å².